The molecule has 0 aliphatic carbocycles. The van der Waals surface area contributed by atoms with Crippen LogP contribution in [-0.2, 0) is 0 Å². The average Bonchev–Trinajstić information content (AvgIpc) is 3.43. The van der Waals surface area contributed by atoms with Crippen LogP contribution in [0.2, 0.25) is 0 Å². The maximum absolute atomic E-state index is 6.49. The molecule has 2 nitrogen and oxygen atoms in total. The number of hydrogen-bond donors (Lipinski definition) is 0. The number of ether oxygens (including phenoxy) is 1. The fourth-order valence-corrected chi connectivity index (χ4v) is 7.47. The van der Waals surface area contributed by atoms with Crippen molar-refractivity contribution in [2.24, 2.45) is 0 Å². The van der Waals surface area contributed by atoms with Gasteiger partial charge in [0.2, 0.25) is 0 Å². The molecular formula is C30H16BNOS. The van der Waals surface area contributed by atoms with E-state index in [0.717, 1.165) is 11.5 Å². The van der Waals surface area contributed by atoms with E-state index in [4.69, 9.17) is 4.74 Å². The van der Waals surface area contributed by atoms with Gasteiger partial charge in [0, 0.05) is 36.6 Å². The smallest absolute Gasteiger partial charge is 0.256 e. The van der Waals surface area contributed by atoms with Crippen LogP contribution >= 0.6 is 11.3 Å². The first-order chi connectivity index (χ1) is 16.9. The highest BCUT2D eigenvalue weighted by molar-refractivity contribution is 7.26. The van der Waals surface area contributed by atoms with E-state index in [1.54, 1.807) is 0 Å². The Morgan fingerprint density at radius 3 is 2.32 bits per heavy atom. The monoisotopic (exact) mass is 449 g/mol. The van der Waals surface area contributed by atoms with Gasteiger partial charge < -0.3 is 9.30 Å². The van der Waals surface area contributed by atoms with Crippen LogP contribution in [0.15, 0.2) is 97.1 Å². The molecule has 0 spiro atoms. The molecule has 9 rings (SSSR count). The van der Waals surface area contributed by atoms with Gasteiger partial charge in [-0.2, -0.15) is 0 Å². The molecule has 0 bridgehead atoms. The van der Waals surface area contributed by atoms with Crippen molar-refractivity contribution in [3.63, 3.8) is 0 Å². The van der Waals surface area contributed by atoms with Crippen molar-refractivity contribution in [1.82, 2.24) is 4.57 Å². The lowest BCUT2D eigenvalue weighted by molar-refractivity contribution is 0.488. The first kappa shape index (κ1) is 17.5. The Morgan fingerprint density at radius 1 is 0.588 bits per heavy atom. The van der Waals surface area contributed by atoms with E-state index in [0.29, 0.717) is 0 Å². The van der Waals surface area contributed by atoms with E-state index in [-0.39, 0.29) is 6.71 Å². The van der Waals surface area contributed by atoms with Gasteiger partial charge in [-0.05, 0) is 52.8 Å². The first-order valence-corrected chi connectivity index (χ1v) is 12.5. The van der Waals surface area contributed by atoms with Gasteiger partial charge in [-0.3, -0.25) is 0 Å². The molecule has 2 aliphatic rings. The largest absolute Gasteiger partial charge is 0.458 e. The minimum atomic E-state index is 0.173. The zero-order valence-corrected chi connectivity index (χ0v) is 18.9. The van der Waals surface area contributed by atoms with Crippen molar-refractivity contribution >= 4 is 76.4 Å². The molecule has 0 saturated heterocycles. The highest BCUT2D eigenvalue weighted by Crippen LogP contribution is 2.44. The van der Waals surface area contributed by atoms with Crippen molar-refractivity contribution in [3.05, 3.63) is 97.1 Å². The Kier molecular flexibility index (Phi) is 3.03. The molecule has 0 N–H and O–H groups in total. The number of aromatic nitrogens is 1. The Morgan fingerprint density at radius 2 is 1.35 bits per heavy atom. The van der Waals surface area contributed by atoms with E-state index in [2.05, 4.69) is 102 Å². The van der Waals surface area contributed by atoms with Gasteiger partial charge >= 0.3 is 0 Å². The lowest BCUT2D eigenvalue weighted by Gasteiger charge is -2.32. The third kappa shape index (κ3) is 1.92. The quantitative estimate of drug-likeness (QED) is 0.256. The average molecular weight is 449 g/mol. The lowest BCUT2D eigenvalue weighted by atomic mass is 9.34. The van der Waals surface area contributed by atoms with Crippen molar-refractivity contribution in [2.75, 3.05) is 0 Å². The van der Waals surface area contributed by atoms with Crippen LogP contribution in [-0.4, -0.2) is 11.3 Å². The van der Waals surface area contributed by atoms with Crippen LogP contribution < -0.4 is 21.1 Å². The summed E-state index contributed by atoms with van der Waals surface area (Å²) >= 11 is 1.88. The predicted octanol–water partition coefficient (Wildman–Crippen LogP) is 6.09. The van der Waals surface area contributed by atoms with Gasteiger partial charge in [0.05, 0.1) is 11.0 Å². The van der Waals surface area contributed by atoms with Crippen LogP contribution in [0, 0.1) is 0 Å². The van der Waals surface area contributed by atoms with Crippen LogP contribution in [0.25, 0.3) is 47.7 Å². The first-order valence-electron chi connectivity index (χ1n) is 11.7. The molecule has 0 fully saturated rings. The summed E-state index contributed by atoms with van der Waals surface area (Å²) in [5.41, 5.74) is 7.75. The number of hydrogen-bond acceptors (Lipinski definition) is 2. The van der Waals surface area contributed by atoms with E-state index >= 15 is 0 Å². The SMILES string of the molecule is c1ccc2c(c1)Oc1ccc3c4ccc5sc6ccccc6c5c4n4c3c1B2c1ccccc1-4. The van der Waals surface area contributed by atoms with Crippen molar-refractivity contribution in [2.45, 2.75) is 0 Å². The fourth-order valence-electron chi connectivity index (χ4n) is 6.36. The van der Waals surface area contributed by atoms with Crippen LogP contribution in [0.1, 0.15) is 0 Å². The molecule has 7 aromatic rings. The second-order valence-electron chi connectivity index (χ2n) is 9.27. The van der Waals surface area contributed by atoms with Crippen molar-refractivity contribution < 1.29 is 4.74 Å². The molecule has 5 aromatic carbocycles. The van der Waals surface area contributed by atoms with Crippen LogP contribution in [0.5, 0.6) is 11.5 Å². The van der Waals surface area contributed by atoms with E-state index < -0.39 is 0 Å². The second-order valence-corrected chi connectivity index (χ2v) is 10.4. The minimum absolute atomic E-state index is 0.173. The topological polar surface area (TPSA) is 14.2 Å². The molecule has 34 heavy (non-hydrogen) atoms. The molecule has 0 unspecified atom stereocenters. The number of rotatable bonds is 0. The summed E-state index contributed by atoms with van der Waals surface area (Å²) in [6, 6.07) is 35.3. The third-order valence-corrected chi connectivity index (χ3v) is 8.79. The molecule has 4 heterocycles. The Labute approximate surface area is 199 Å². The summed E-state index contributed by atoms with van der Waals surface area (Å²) < 4.78 is 11.7. The van der Waals surface area contributed by atoms with Gasteiger partial charge in [0.25, 0.3) is 6.71 Å². The van der Waals surface area contributed by atoms with E-state index in [1.165, 1.54) is 64.1 Å². The van der Waals surface area contributed by atoms with Crippen molar-refractivity contribution in [1.29, 1.82) is 0 Å². The summed E-state index contributed by atoms with van der Waals surface area (Å²) in [6.07, 6.45) is 0. The van der Waals surface area contributed by atoms with Gasteiger partial charge in [0.1, 0.15) is 11.5 Å². The summed E-state index contributed by atoms with van der Waals surface area (Å²) in [5, 5.41) is 5.30. The zero-order valence-electron chi connectivity index (χ0n) is 18.1. The van der Waals surface area contributed by atoms with E-state index in [1.807, 2.05) is 11.3 Å². The molecule has 4 heteroatoms. The molecule has 156 valence electrons. The minimum Gasteiger partial charge on any atom is -0.458 e. The predicted molar refractivity (Wildman–Crippen MR) is 145 cm³/mol. The standard InChI is InChI=1S/C30H16BNOS/c1-6-12-25-19(7-1)27-26(34-25)16-14-17-18-13-15-24-28-30(18)32(29(17)27)22-10-4-2-8-20(22)31(28)21-9-3-5-11-23(21)33-24/h1-16H. The Balaban J connectivity index is 1.58. The number of nitrogens with zero attached hydrogens (tertiary/aromatic N) is 1. The normalized spacial score (nSPS) is 13.5. The second kappa shape index (κ2) is 5.91. The van der Waals surface area contributed by atoms with Crippen LogP contribution in [0.3, 0.4) is 0 Å². The Bertz CT molecular complexity index is 2010. The summed E-state index contributed by atoms with van der Waals surface area (Å²) in [4.78, 5) is 0. The fraction of sp³-hybridized carbons (Fsp3) is 0. The maximum atomic E-state index is 6.49. The third-order valence-electron chi connectivity index (χ3n) is 7.66. The number of benzene rings is 5. The summed E-state index contributed by atoms with van der Waals surface area (Å²) in [5.74, 6) is 1.94. The van der Waals surface area contributed by atoms with Gasteiger partial charge in [-0.15, -0.1) is 11.3 Å². The highest BCUT2D eigenvalue weighted by atomic mass is 32.1. The molecule has 2 aliphatic heterocycles. The summed E-state index contributed by atoms with van der Waals surface area (Å²) in [6.45, 7) is 0.173. The summed E-state index contributed by atoms with van der Waals surface area (Å²) in [7, 11) is 0. The molecule has 2 aromatic heterocycles. The van der Waals surface area contributed by atoms with Gasteiger partial charge in [-0.25, -0.2) is 0 Å². The molecular weight excluding hydrogens is 433 g/mol. The lowest BCUT2D eigenvalue weighted by Crippen LogP contribution is -2.58. The van der Waals surface area contributed by atoms with E-state index in [9.17, 15) is 0 Å². The van der Waals surface area contributed by atoms with Gasteiger partial charge in [0.15, 0.2) is 0 Å². The number of para-hydroxylation sites is 2. The van der Waals surface area contributed by atoms with Gasteiger partial charge in [-0.1, -0.05) is 60.7 Å². The maximum Gasteiger partial charge on any atom is 0.256 e. The molecule has 0 radical (unpaired) electrons. The number of fused-ring (bicyclic) bond motifs is 12. The molecule has 0 amide bonds. The zero-order chi connectivity index (χ0) is 22.0. The Hall–Kier alpha value is -4.02. The highest BCUT2D eigenvalue weighted by Gasteiger charge is 2.40. The molecule has 0 atom stereocenters. The van der Waals surface area contributed by atoms with Crippen molar-refractivity contribution in [3.8, 4) is 17.2 Å². The number of thiophene rings is 1. The van der Waals surface area contributed by atoms with Crippen LogP contribution in [0.4, 0.5) is 0 Å². The molecule has 0 saturated carbocycles.